The lowest BCUT2D eigenvalue weighted by Crippen LogP contribution is -2.29. The second kappa shape index (κ2) is 5.79. The maximum atomic E-state index is 14.0. The minimum absolute atomic E-state index is 0.349. The number of benzene rings is 1. The largest absolute Gasteiger partial charge is 0.497 e. The highest BCUT2D eigenvalue weighted by Gasteiger charge is 2.20. The smallest absolute Gasteiger partial charge is 0.132 e. The van der Waals surface area contributed by atoms with Crippen LogP contribution in [0.15, 0.2) is 34.1 Å². The predicted molar refractivity (Wildman–Crippen MR) is 74.1 cm³/mol. The van der Waals surface area contributed by atoms with E-state index >= 15 is 0 Å². The average Bonchev–Trinajstić information content (AvgIpc) is 2.78. The molecule has 0 fully saturated rings. The van der Waals surface area contributed by atoms with Gasteiger partial charge < -0.3 is 4.74 Å². The van der Waals surface area contributed by atoms with Crippen LogP contribution < -0.4 is 16.0 Å². The van der Waals surface area contributed by atoms with Crippen molar-refractivity contribution < 1.29 is 9.13 Å². The molecule has 1 atom stereocenters. The van der Waals surface area contributed by atoms with E-state index in [1.165, 1.54) is 24.5 Å². The number of methoxy groups -OCH3 is 1. The van der Waals surface area contributed by atoms with Crippen LogP contribution in [0, 0.1) is 5.82 Å². The van der Waals surface area contributed by atoms with Gasteiger partial charge in [0.05, 0.1) is 13.2 Å². The minimum Gasteiger partial charge on any atom is -0.497 e. The molecule has 1 heterocycles. The lowest BCUT2D eigenvalue weighted by Gasteiger charge is -2.17. The highest BCUT2D eigenvalue weighted by atomic mass is 79.9. The summed E-state index contributed by atoms with van der Waals surface area (Å²) in [5.41, 5.74) is 3.13. The summed E-state index contributed by atoms with van der Waals surface area (Å²) in [6.07, 6.45) is 0. The standard InChI is InChI=1S/C12H12BrFN2OS/c1-17-7-2-3-8(10(14)6-7)11(16-15)12-9(13)4-5-18-12/h2-6,11,16H,15H2,1H3. The van der Waals surface area contributed by atoms with Crippen LogP contribution in [-0.2, 0) is 0 Å². The van der Waals surface area contributed by atoms with Gasteiger partial charge in [0.1, 0.15) is 11.6 Å². The van der Waals surface area contributed by atoms with Crippen LogP contribution in [0.3, 0.4) is 0 Å². The van der Waals surface area contributed by atoms with Gasteiger partial charge in [-0.05, 0) is 33.4 Å². The fourth-order valence-corrected chi connectivity index (χ4v) is 3.37. The van der Waals surface area contributed by atoms with Gasteiger partial charge in [-0.2, -0.15) is 0 Å². The highest BCUT2D eigenvalue weighted by Crippen LogP contribution is 2.34. The Labute approximate surface area is 117 Å². The van der Waals surface area contributed by atoms with Gasteiger partial charge in [-0.15, -0.1) is 11.3 Å². The van der Waals surface area contributed by atoms with E-state index in [4.69, 9.17) is 10.6 Å². The van der Waals surface area contributed by atoms with E-state index < -0.39 is 0 Å². The molecule has 0 saturated carbocycles. The Kier molecular flexibility index (Phi) is 4.34. The van der Waals surface area contributed by atoms with Crippen LogP contribution in [0.25, 0.3) is 0 Å². The number of rotatable bonds is 4. The maximum Gasteiger partial charge on any atom is 0.132 e. The third-order valence-electron chi connectivity index (χ3n) is 2.59. The first-order chi connectivity index (χ1) is 8.67. The third kappa shape index (κ3) is 2.56. The van der Waals surface area contributed by atoms with Crippen LogP contribution in [-0.4, -0.2) is 7.11 Å². The number of hydrogen-bond donors (Lipinski definition) is 2. The molecule has 3 N–H and O–H groups in total. The molecule has 1 aromatic carbocycles. The van der Waals surface area contributed by atoms with Gasteiger partial charge in [0.15, 0.2) is 0 Å². The zero-order chi connectivity index (χ0) is 13.1. The first kappa shape index (κ1) is 13.5. The molecule has 0 aliphatic heterocycles. The molecule has 96 valence electrons. The second-order valence-corrected chi connectivity index (χ2v) is 5.42. The molecule has 18 heavy (non-hydrogen) atoms. The van der Waals surface area contributed by atoms with Gasteiger partial charge in [0.25, 0.3) is 0 Å². The van der Waals surface area contributed by atoms with Crippen molar-refractivity contribution in [1.82, 2.24) is 5.43 Å². The normalized spacial score (nSPS) is 12.4. The minimum atomic E-state index is -0.384. The lowest BCUT2D eigenvalue weighted by atomic mass is 10.1. The van der Waals surface area contributed by atoms with Crippen molar-refractivity contribution in [2.45, 2.75) is 6.04 Å². The molecular formula is C12H12BrFN2OS. The first-order valence-electron chi connectivity index (χ1n) is 5.19. The Morgan fingerprint density at radius 3 is 2.72 bits per heavy atom. The van der Waals surface area contributed by atoms with Gasteiger partial charge >= 0.3 is 0 Å². The number of hydrazine groups is 1. The van der Waals surface area contributed by atoms with Gasteiger partial charge in [0, 0.05) is 21.0 Å². The topological polar surface area (TPSA) is 47.3 Å². The molecule has 0 spiro atoms. The van der Waals surface area contributed by atoms with Crippen molar-refractivity contribution in [2.24, 2.45) is 5.84 Å². The summed E-state index contributed by atoms with van der Waals surface area (Å²) >= 11 is 4.93. The summed E-state index contributed by atoms with van der Waals surface area (Å²) < 4.78 is 19.9. The van der Waals surface area contributed by atoms with Crippen molar-refractivity contribution in [2.75, 3.05) is 7.11 Å². The fourth-order valence-electron chi connectivity index (χ4n) is 1.69. The Balaban J connectivity index is 2.42. The van der Waals surface area contributed by atoms with Gasteiger partial charge in [-0.25, -0.2) is 9.82 Å². The average molecular weight is 331 g/mol. The van der Waals surface area contributed by atoms with Gasteiger partial charge in [0.2, 0.25) is 0 Å². The van der Waals surface area contributed by atoms with E-state index in [-0.39, 0.29) is 11.9 Å². The monoisotopic (exact) mass is 330 g/mol. The third-order valence-corrected chi connectivity index (χ3v) is 4.53. The maximum absolute atomic E-state index is 14.0. The number of halogens is 2. The van der Waals surface area contributed by atoms with Gasteiger partial charge in [-0.3, -0.25) is 5.84 Å². The Hall–Kier alpha value is -0.950. The second-order valence-electron chi connectivity index (χ2n) is 3.62. The molecule has 6 heteroatoms. The van der Waals surface area contributed by atoms with Crippen molar-refractivity contribution >= 4 is 27.3 Å². The molecule has 0 bridgehead atoms. The van der Waals surface area contributed by atoms with E-state index in [9.17, 15) is 4.39 Å². The predicted octanol–water partition coefficient (Wildman–Crippen LogP) is 3.21. The Morgan fingerprint density at radius 1 is 1.44 bits per heavy atom. The van der Waals surface area contributed by atoms with E-state index in [0.29, 0.717) is 11.3 Å². The zero-order valence-electron chi connectivity index (χ0n) is 9.61. The lowest BCUT2D eigenvalue weighted by molar-refractivity contribution is 0.410. The zero-order valence-corrected chi connectivity index (χ0v) is 12.0. The van der Waals surface area contributed by atoms with E-state index in [0.717, 1.165) is 9.35 Å². The molecular weight excluding hydrogens is 319 g/mol. The number of nitrogens with two attached hydrogens (primary N) is 1. The quantitative estimate of drug-likeness (QED) is 0.668. The van der Waals surface area contributed by atoms with Crippen LogP contribution in [0.4, 0.5) is 4.39 Å². The SMILES string of the molecule is COc1ccc(C(NN)c2sccc2Br)c(F)c1. The molecule has 0 saturated heterocycles. The summed E-state index contributed by atoms with van der Waals surface area (Å²) in [5, 5.41) is 1.92. The van der Waals surface area contributed by atoms with E-state index in [2.05, 4.69) is 21.4 Å². The Morgan fingerprint density at radius 2 is 2.22 bits per heavy atom. The summed E-state index contributed by atoms with van der Waals surface area (Å²) in [7, 11) is 1.50. The molecule has 2 rings (SSSR count). The summed E-state index contributed by atoms with van der Waals surface area (Å²) in [5.74, 6) is 5.68. The first-order valence-corrected chi connectivity index (χ1v) is 6.87. The molecule has 1 unspecified atom stereocenters. The molecule has 0 amide bonds. The highest BCUT2D eigenvalue weighted by molar-refractivity contribution is 9.10. The van der Waals surface area contributed by atoms with E-state index in [1.54, 1.807) is 12.1 Å². The number of hydrogen-bond acceptors (Lipinski definition) is 4. The van der Waals surface area contributed by atoms with Crippen molar-refractivity contribution in [1.29, 1.82) is 0 Å². The van der Waals surface area contributed by atoms with Crippen molar-refractivity contribution in [3.8, 4) is 5.75 Å². The molecule has 1 aromatic heterocycles. The van der Waals surface area contributed by atoms with Crippen LogP contribution in [0.1, 0.15) is 16.5 Å². The number of thiophene rings is 1. The molecule has 0 aliphatic carbocycles. The van der Waals surface area contributed by atoms with Crippen LogP contribution in [0.2, 0.25) is 0 Å². The van der Waals surface area contributed by atoms with Crippen LogP contribution >= 0.6 is 27.3 Å². The van der Waals surface area contributed by atoms with Crippen molar-refractivity contribution in [3.05, 3.63) is 50.4 Å². The number of ether oxygens (including phenoxy) is 1. The molecule has 2 aromatic rings. The van der Waals surface area contributed by atoms with Crippen LogP contribution in [0.5, 0.6) is 5.75 Å². The molecule has 0 aliphatic rings. The van der Waals surface area contributed by atoms with E-state index in [1.807, 2.05) is 11.4 Å². The fraction of sp³-hybridized carbons (Fsp3) is 0.167. The summed E-state index contributed by atoms with van der Waals surface area (Å²) in [6, 6.07) is 6.26. The molecule has 0 radical (unpaired) electrons. The summed E-state index contributed by atoms with van der Waals surface area (Å²) in [6.45, 7) is 0. The number of nitrogens with one attached hydrogen (secondary N) is 1. The Bertz CT molecular complexity index is 547. The summed E-state index contributed by atoms with van der Waals surface area (Å²) in [4.78, 5) is 0.932. The molecule has 3 nitrogen and oxygen atoms in total. The van der Waals surface area contributed by atoms with Crippen molar-refractivity contribution in [3.63, 3.8) is 0 Å². The van der Waals surface area contributed by atoms with Gasteiger partial charge in [-0.1, -0.05) is 6.07 Å².